The molecule has 4 heterocycles. The summed E-state index contributed by atoms with van der Waals surface area (Å²) in [6, 6.07) is -1.85. The van der Waals surface area contributed by atoms with Gasteiger partial charge in [-0.1, -0.05) is 19.0 Å². The number of hydrogen-bond donors (Lipinski definition) is 1. The van der Waals surface area contributed by atoms with Gasteiger partial charge in [0.1, 0.15) is 12.2 Å². The van der Waals surface area contributed by atoms with Crippen molar-refractivity contribution in [3.8, 4) is 0 Å². The molecule has 0 bridgehead atoms. The number of likely N-dealkylation sites (tertiary alicyclic amines) is 2. The van der Waals surface area contributed by atoms with E-state index in [0.29, 0.717) is 63.5 Å². The van der Waals surface area contributed by atoms with E-state index in [4.69, 9.17) is 14.0 Å². The van der Waals surface area contributed by atoms with Crippen molar-refractivity contribution in [2.24, 2.45) is 5.41 Å². The lowest BCUT2D eigenvalue weighted by Crippen LogP contribution is -2.61. The van der Waals surface area contributed by atoms with E-state index in [-0.39, 0.29) is 23.9 Å². The number of hydrogen-bond acceptors (Lipinski definition) is 7. The largest absolute Gasteiger partial charge is 0.380 e. The molecular formula is C27H40F3N5O4. The minimum atomic E-state index is -3.03. The standard InChI is InChI=1S/C27H40F3N5O4/c1-25(15-37-16-25)14-34-9-5-17(13-34)38-20-4-3-6-27(29,30)21(20)31-24(36)35-10-7-26(2,8-11-35)23-32-22(39-33-23)18-12-19(18)28/h17-21H,3-16H2,1-2H3,(H,31,36)/t17-,18+,19-,20-,21+/m0/s1. The van der Waals surface area contributed by atoms with Crippen LogP contribution < -0.4 is 5.32 Å². The van der Waals surface area contributed by atoms with E-state index in [2.05, 4.69) is 27.3 Å². The highest BCUT2D eigenvalue weighted by atomic mass is 19.3. The highest BCUT2D eigenvalue weighted by molar-refractivity contribution is 5.75. The van der Waals surface area contributed by atoms with Crippen LogP contribution in [0, 0.1) is 5.41 Å². The van der Waals surface area contributed by atoms with Gasteiger partial charge in [0, 0.05) is 50.0 Å². The van der Waals surface area contributed by atoms with Crippen LogP contribution in [0.5, 0.6) is 0 Å². The van der Waals surface area contributed by atoms with Gasteiger partial charge in [0.25, 0.3) is 5.92 Å². The van der Waals surface area contributed by atoms with Crippen molar-refractivity contribution in [3.63, 3.8) is 0 Å². The van der Waals surface area contributed by atoms with E-state index in [9.17, 15) is 9.18 Å². The summed E-state index contributed by atoms with van der Waals surface area (Å²) >= 11 is 0. The first-order valence-electron chi connectivity index (χ1n) is 14.4. The number of rotatable bonds is 7. The Hall–Kier alpha value is -1.92. The predicted octanol–water partition coefficient (Wildman–Crippen LogP) is 3.64. The first-order valence-corrected chi connectivity index (χ1v) is 14.4. The van der Waals surface area contributed by atoms with Gasteiger partial charge in [0.15, 0.2) is 5.82 Å². The van der Waals surface area contributed by atoms with E-state index in [1.54, 1.807) is 4.90 Å². The molecule has 5 aliphatic rings. The molecule has 6 rings (SSSR count). The molecule has 5 fully saturated rings. The van der Waals surface area contributed by atoms with E-state index < -0.39 is 35.7 Å². The number of nitrogens with one attached hydrogen (secondary N) is 1. The van der Waals surface area contributed by atoms with Crippen LogP contribution in [0.15, 0.2) is 4.52 Å². The van der Waals surface area contributed by atoms with E-state index in [0.717, 1.165) is 32.7 Å². The van der Waals surface area contributed by atoms with Crippen LogP contribution in [0.25, 0.3) is 0 Å². The summed E-state index contributed by atoms with van der Waals surface area (Å²) in [5.41, 5.74) is -0.259. The second-order valence-electron chi connectivity index (χ2n) is 13.1. The van der Waals surface area contributed by atoms with Crippen molar-refractivity contribution in [1.82, 2.24) is 25.3 Å². The summed E-state index contributed by atoms with van der Waals surface area (Å²) in [7, 11) is 0. The van der Waals surface area contributed by atoms with Gasteiger partial charge in [0.05, 0.1) is 31.3 Å². The maximum atomic E-state index is 15.1. The Morgan fingerprint density at radius 1 is 1.15 bits per heavy atom. The van der Waals surface area contributed by atoms with Crippen molar-refractivity contribution >= 4 is 6.03 Å². The van der Waals surface area contributed by atoms with Gasteiger partial charge in [-0.05, 0) is 38.5 Å². The topological polar surface area (TPSA) is 93.0 Å². The number of alkyl halides is 3. The molecule has 0 spiro atoms. The first-order chi connectivity index (χ1) is 18.5. The number of nitrogens with zero attached hydrogens (tertiary/aromatic N) is 4. The summed E-state index contributed by atoms with van der Waals surface area (Å²) < 4.78 is 60.5. The van der Waals surface area contributed by atoms with Crippen LogP contribution in [0.1, 0.15) is 76.4 Å². The van der Waals surface area contributed by atoms with Crippen LogP contribution >= 0.6 is 0 Å². The molecule has 218 valence electrons. The maximum absolute atomic E-state index is 15.1. The minimum absolute atomic E-state index is 0.119. The van der Waals surface area contributed by atoms with Crippen molar-refractivity contribution in [2.75, 3.05) is 45.9 Å². The number of halogens is 3. The molecule has 1 N–H and O–H groups in total. The molecule has 9 nitrogen and oxygen atoms in total. The fraction of sp³-hybridized carbons (Fsp3) is 0.889. The van der Waals surface area contributed by atoms with Gasteiger partial charge in [-0.25, -0.2) is 18.0 Å². The highest BCUT2D eigenvalue weighted by Crippen LogP contribution is 2.44. The molecule has 0 unspecified atom stereocenters. The molecule has 2 aliphatic carbocycles. The molecular weight excluding hydrogens is 515 g/mol. The molecule has 2 amide bonds. The summed E-state index contributed by atoms with van der Waals surface area (Å²) in [5, 5.41) is 6.74. The lowest BCUT2D eigenvalue weighted by molar-refractivity contribution is -0.140. The highest BCUT2D eigenvalue weighted by Gasteiger charge is 2.50. The van der Waals surface area contributed by atoms with Crippen LogP contribution in [0.2, 0.25) is 0 Å². The molecule has 39 heavy (non-hydrogen) atoms. The number of amides is 2. The molecule has 0 aromatic carbocycles. The SMILES string of the molecule is CC1(CN2CC[C@H](O[C@H]3CCCC(F)(F)[C@@H]3NC(=O)N3CCC(C)(c4noc([C@@H]5C[C@@H]5F)n4)CC3)C2)COC1. The number of piperidine rings is 1. The van der Waals surface area contributed by atoms with Gasteiger partial charge in [0.2, 0.25) is 5.89 Å². The van der Waals surface area contributed by atoms with Gasteiger partial charge < -0.3 is 24.2 Å². The van der Waals surface area contributed by atoms with Crippen LogP contribution in [0.3, 0.4) is 0 Å². The zero-order chi connectivity index (χ0) is 27.4. The van der Waals surface area contributed by atoms with E-state index >= 15 is 8.78 Å². The smallest absolute Gasteiger partial charge is 0.317 e. The number of ether oxygens (including phenoxy) is 2. The third-order valence-corrected chi connectivity index (χ3v) is 9.37. The average molecular weight is 556 g/mol. The molecule has 3 saturated heterocycles. The summed E-state index contributed by atoms with van der Waals surface area (Å²) in [5.74, 6) is -2.48. The Morgan fingerprint density at radius 3 is 2.56 bits per heavy atom. The van der Waals surface area contributed by atoms with Crippen molar-refractivity contribution < 1.29 is 32.0 Å². The molecule has 0 radical (unpaired) electrons. The summed E-state index contributed by atoms with van der Waals surface area (Å²) in [4.78, 5) is 21.5. The second kappa shape index (κ2) is 10.2. The normalized spacial score (nSPS) is 35.4. The van der Waals surface area contributed by atoms with Crippen molar-refractivity contribution in [3.05, 3.63) is 11.7 Å². The number of carbonyl (C=O) groups is 1. The Bertz CT molecular complexity index is 1040. The van der Waals surface area contributed by atoms with Gasteiger partial charge in [-0.2, -0.15) is 4.98 Å². The van der Waals surface area contributed by atoms with E-state index in [1.807, 2.05) is 6.92 Å². The van der Waals surface area contributed by atoms with Crippen LogP contribution in [0.4, 0.5) is 18.0 Å². The predicted molar refractivity (Wildman–Crippen MR) is 134 cm³/mol. The number of aromatic nitrogens is 2. The lowest BCUT2D eigenvalue weighted by Gasteiger charge is -2.42. The molecule has 2 saturated carbocycles. The quantitative estimate of drug-likeness (QED) is 0.549. The Balaban J connectivity index is 1.03. The van der Waals surface area contributed by atoms with Crippen LogP contribution in [-0.2, 0) is 14.9 Å². The molecule has 1 aromatic heterocycles. The van der Waals surface area contributed by atoms with Gasteiger partial charge in [-0.3, -0.25) is 4.90 Å². The maximum Gasteiger partial charge on any atom is 0.317 e. The van der Waals surface area contributed by atoms with Crippen molar-refractivity contribution in [1.29, 1.82) is 0 Å². The van der Waals surface area contributed by atoms with Gasteiger partial charge >= 0.3 is 6.03 Å². The zero-order valence-corrected chi connectivity index (χ0v) is 22.8. The molecule has 3 aliphatic heterocycles. The Morgan fingerprint density at radius 2 is 1.90 bits per heavy atom. The first kappa shape index (κ1) is 27.3. The van der Waals surface area contributed by atoms with Gasteiger partial charge in [-0.15, -0.1) is 0 Å². The number of carbonyl (C=O) groups excluding carboxylic acids is 1. The summed E-state index contributed by atoms with van der Waals surface area (Å²) in [6.07, 6.45) is 1.19. The van der Waals surface area contributed by atoms with Crippen LogP contribution in [-0.4, -0.2) is 102 Å². The third kappa shape index (κ3) is 5.66. The Kier molecular flexibility index (Phi) is 7.11. The van der Waals surface area contributed by atoms with Crippen molar-refractivity contribution in [2.45, 2.75) is 100 Å². The average Bonchev–Trinajstić information content (AvgIpc) is 3.23. The molecule has 5 atom stereocenters. The monoisotopic (exact) mass is 555 g/mol. The lowest BCUT2D eigenvalue weighted by atomic mass is 9.79. The Labute approximate surface area is 227 Å². The number of urea groups is 1. The minimum Gasteiger partial charge on any atom is -0.380 e. The van der Waals surface area contributed by atoms with E-state index in [1.165, 1.54) is 0 Å². The third-order valence-electron chi connectivity index (χ3n) is 9.37. The zero-order valence-electron chi connectivity index (χ0n) is 22.8. The second-order valence-corrected chi connectivity index (χ2v) is 13.1. The fourth-order valence-corrected chi connectivity index (χ4v) is 6.56. The summed E-state index contributed by atoms with van der Waals surface area (Å²) in [6.45, 7) is 8.99. The fourth-order valence-electron chi connectivity index (χ4n) is 6.56. The molecule has 12 heteroatoms. The molecule has 1 aromatic rings.